The van der Waals surface area contributed by atoms with Crippen molar-refractivity contribution in [3.05, 3.63) is 30.3 Å². The number of aromatic amines is 1. The second-order valence-electron chi connectivity index (χ2n) is 7.29. The molecule has 0 atom stereocenters. The first-order valence-corrected chi connectivity index (χ1v) is 8.63. The zero-order valence-corrected chi connectivity index (χ0v) is 14.4. The first kappa shape index (κ1) is 15.3. The Balaban J connectivity index is 1.48. The van der Waals surface area contributed by atoms with Crippen molar-refractivity contribution in [1.82, 2.24) is 15.3 Å². The van der Waals surface area contributed by atoms with E-state index >= 15 is 0 Å². The number of hydrogen-bond acceptors (Lipinski definition) is 6. The SMILES string of the molecule is COc1cc(-c2nc3ccc(N4CC5(CNC5)C4)cc3[nH]2)cc(O)c1O. The molecule has 2 saturated heterocycles. The molecule has 2 fully saturated rings. The van der Waals surface area contributed by atoms with Crippen LogP contribution in [-0.2, 0) is 0 Å². The van der Waals surface area contributed by atoms with Crippen molar-refractivity contribution < 1.29 is 14.9 Å². The number of anilines is 1. The van der Waals surface area contributed by atoms with Crippen LogP contribution in [0.3, 0.4) is 0 Å². The molecule has 7 heteroatoms. The summed E-state index contributed by atoms with van der Waals surface area (Å²) in [6, 6.07) is 9.34. The maximum atomic E-state index is 9.90. The first-order valence-electron chi connectivity index (χ1n) is 8.63. The van der Waals surface area contributed by atoms with E-state index in [1.54, 1.807) is 6.07 Å². The zero-order valence-electron chi connectivity index (χ0n) is 14.4. The average molecular weight is 352 g/mol. The maximum absolute atomic E-state index is 9.90. The van der Waals surface area contributed by atoms with E-state index in [0.717, 1.165) is 37.2 Å². The number of phenols is 2. The Bertz CT molecular complexity index is 1000. The van der Waals surface area contributed by atoms with Gasteiger partial charge >= 0.3 is 0 Å². The van der Waals surface area contributed by atoms with Gasteiger partial charge in [0.15, 0.2) is 11.5 Å². The van der Waals surface area contributed by atoms with Gasteiger partial charge in [0.1, 0.15) is 5.82 Å². The highest BCUT2D eigenvalue weighted by molar-refractivity contribution is 5.83. The molecule has 0 radical (unpaired) electrons. The van der Waals surface area contributed by atoms with E-state index in [2.05, 4.69) is 32.3 Å². The van der Waals surface area contributed by atoms with Crippen LogP contribution in [0.4, 0.5) is 5.69 Å². The molecule has 0 aliphatic carbocycles. The third-order valence-corrected chi connectivity index (χ3v) is 5.43. The molecule has 2 aliphatic heterocycles. The number of fused-ring (bicyclic) bond motifs is 1. The Hall–Kier alpha value is -2.93. The van der Waals surface area contributed by atoms with Crippen LogP contribution in [0.25, 0.3) is 22.4 Å². The molecular weight excluding hydrogens is 332 g/mol. The number of nitrogens with zero attached hydrogens (tertiary/aromatic N) is 2. The third kappa shape index (κ3) is 2.20. The highest BCUT2D eigenvalue weighted by atomic mass is 16.5. The van der Waals surface area contributed by atoms with Crippen LogP contribution >= 0.6 is 0 Å². The first-order chi connectivity index (χ1) is 12.6. The summed E-state index contributed by atoms with van der Waals surface area (Å²) >= 11 is 0. The van der Waals surface area contributed by atoms with Crippen molar-refractivity contribution in [3.63, 3.8) is 0 Å². The van der Waals surface area contributed by atoms with E-state index < -0.39 is 0 Å². The van der Waals surface area contributed by atoms with Gasteiger partial charge < -0.3 is 30.2 Å². The molecule has 3 aromatic rings. The molecule has 134 valence electrons. The van der Waals surface area contributed by atoms with Gasteiger partial charge in [0, 0.05) is 42.8 Å². The molecule has 5 rings (SSSR count). The summed E-state index contributed by atoms with van der Waals surface area (Å²) < 4.78 is 5.11. The highest BCUT2D eigenvalue weighted by Gasteiger charge is 2.47. The zero-order chi connectivity index (χ0) is 17.9. The summed E-state index contributed by atoms with van der Waals surface area (Å²) in [5.41, 5.74) is 4.12. The lowest BCUT2D eigenvalue weighted by Crippen LogP contribution is -2.71. The fraction of sp³-hybridized carbons (Fsp3) is 0.316. The van der Waals surface area contributed by atoms with Gasteiger partial charge in [0.2, 0.25) is 5.75 Å². The monoisotopic (exact) mass is 352 g/mol. The van der Waals surface area contributed by atoms with Crippen LogP contribution in [0.2, 0.25) is 0 Å². The van der Waals surface area contributed by atoms with Gasteiger partial charge in [-0.25, -0.2) is 4.98 Å². The summed E-state index contributed by atoms with van der Waals surface area (Å²) in [6.07, 6.45) is 0. The third-order valence-electron chi connectivity index (χ3n) is 5.43. The minimum absolute atomic E-state index is 0.209. The number of aromatic nitrogens is 2. The number of hydrogen-bond donors (Lipinski definition) is 4. The van der Waals surface area contributed by atoms with Crippen molar-refractivity contribution in [3.8, 4) is 28.6 Å². The number of aromatic hydroxyl groups is 2. The topological polar surface area (TPSA) is 93.6 Å². The van der Waals surface area contributed by atoms with E-state index in [4.69, 9.17) is 4.74 Å². The summed E-state index contributed by atoms with van der Waals surface area (Å²) in [6.45, 7) is 4.42. The number of benzene rings is 2. The van der Waals surface area contributed by atoms with Crippen molar-refractivity contribution in [1.29, 1.82) is 0 Å². The van der Waals surface area contributed by atoms with Gasteiger partial charge in [-0.3, -0.25) is 0 Å². The quantitative estimate of drug-likeness (QED) is 0.539. The van der Waals surface area contributed by atoms with E-state index in [1.807, 2.05) is 6.07 Å². The summed E-state index contributed by atoms with van der Waals surface area (Å²) in [7, 11) is 1.45. The number of ether oxygens (including phenoxy) is 1. The van der Waals surface area contributed by atoms with Crippen LogP contribution in [0.15, 0.2) is 30.3 Å². The molecule has 0 saturated carbocycles. The lowest BCUT2D eigenvalue weighted by molar-refractivity contribution is 0.121. The number of imidazole rings is 1. The van der Waals surface area contributed by atoms with E-state index in [0.29, 0.717) is 16.8 Å². The van der Waals surface area contributed by atoms with Crippen LogP contribution in [0.1, 0.15) is 0 Å². The number of rotatable bonds is 3. The maximum Gasteiger partial charge on any atom is 0.200 e. The minimum atomic E-state index is -0.271. The van der Waals surface area contributed by atoms with Gasteiger partial charge in [-0.05, 0) is 30.3 Å². The number of phenolic OH excluding ortho intramolecular Hbond substituents is 2. The second-order valence-corrected chi connectivity index (χ2v) is 7.29. The van der Waals surface area contributed by atoms with E-state index in [9.17, 15) is 10.2 Å². The molecule has 26 heavy (non-hydrogen) atoms. The van der Waals surface area contributed by atoms with Gasteiger partial charge in [0.05, 0.1) is 18.1 Å². The fourth-order valence-electron chi connectivity index (χ4n) is 3.86. The molecule has 2 aliphatic rings. The van der Waals surface area contributed by atoms with Gasteiger partial charge in [-0.2, -0.15) is 0 Å². The van der Waals surface area contributed by atoms with Gasteiger partial charge in [-0.1, -0.05) is 0 Å². The molecule has 1 aromatic heterocycles. The Morgan fingerprint density at radius 1 is 1.15 bits per heavy atom. The largest absolute Gasteiger partial charge is 0.504 e. The molecule has 4 N–H and O–H groups in total. The molecule has 0 bridgehead atoms. The molecule has 0 unspecified atom stereocenters. The summed E-state index contributed by atoms with van der Waals surface area (Å²) in [5, 5.41) is 23.0. The van der Waals surface area contributed by atoms with Crippen LogP contribution in [0, 0.1) is 5.41 Å². The standard InChI is InChI=1S/C19H20N4O3/c1-26-16-5-11(4-15(24)17(16)25)18-21-13-3-2-12(6-14(13)22-18)23-9-19(10-23)7-20-8-19/h2-6,20,24-25H,7-10H2,1H3,(H,21,22). The minimum Gasteiger partial charge on any atom is -0.504 e. The van der Waals surface area contributed by atoms with Crippen molar-refractivity contribution in [2.75, 3.05) is 38.2 Å². The summed E-state index contributed by atoms with van der Waals surface area (Å²) in [5.74, 6) is 0.322. The smallest absolute Gasteiger partial charge is 0.200 e. The van der Waals surface area contributed by atoms with Crippen molar-refractivity contribution >= 4 is 16.7 Å². The van der Waals surface area contributed by atoms with E-state index in [1.165, 1.54) is 18.9 Å². The van der Waals surface area contributed by atoms with E-state index in [-0.39, 0.29) is 17.2 Å². The fourth-order valence-corrected chi connectivity index (χ4v) is 3.86. The predicted octanol–water partition coefficient (Wildman–Crippen LogP) is 2.06. The van der Waals surface area contributed by atoms with Crippen molar-refractivity contribution in [2.45, 2.75) is 0 Å². The molecule has 2 aromatic carbocycles. The Morgan fingerprint density at radius 3 is 2.65 bits per heavy atom. The Morgan fingerprint density at radius 2 is 1.96 bits per heavy atom. The van der Waals surface area contributed by atoms with Crippen LogP contribution in [0.5, 0.6) is 17.2 Å². The number of methoxy groups -OCH3 is 1. The number of H-pyrrole nitrogens is 1. The average Bonchev–Trinajstić information content (AvgIpc) is 2.98. The van der Waals surface area contributed by atoms with Crippen molar-refractivity contribution in [2.24, 2.45) is 5.41 Å². The molecule has 3 heterocycles. The molecule has 0 amide bonds. The summed E-state index contributed by atoms with van der Waals surface area (Å²) in [4.78, 5) is 10.3. The number of nitrogens with one attached hydrogen (secondary N) is 2. The Kier molecular flexibility index (Phi) is 3.12. The Labute approximate surface area is 150 Å². The molecule has 7 nitrogen and oxygen atoms in total. The predicted molar refractivity (Wildman–Crippen MR) is 98.9 cm³/mol. The lowest BCUT2D eigenvalue weighted by atomic mass is 9.74. The normalized spacial score (nSPS) is 18.0. The lowest BCUT2D eigenvalue weighted by Gasteiger charge is -2.57. The van der Waals surface area contributed by atoms with Crippen LogP contribution < -0.4 is 15.0 Å². The molecule has 1 spiro atoms. The highest BCUT2D eigenvalue weighted by Crippen LogP contribution is 2.40. The molecular formula is C19H20N4O3. The van der Waals surface area contributed by atoms with Crippen LogP contribution in [-0.4, -0.2) is 53.5 Å². The van der Waals surface area contributed by atoms with Gasteiger partial charge in [0.25, 0.3) is 0 Å². The second kappa shape index (κ2) is 5.28. The van der Waals surface area contributed by atoms with Gasteiger partial charge in [-0.15, -0.1) is 0 Å².